The molecular weight excluding hydrogens is 497 g/mol. The van der Waals surface area contributed by atoms with E-state index in [1.165, 1.54) is 12.1 Å². The van der Waals surface area contributed by atoms with Gasteiger partial charge in [0.05, 0.1) is 36.0 Å². The van der Waals surface area contributed by atoms with Crippen molar-refractivity contribution >= 4 is 50.7 Å². The Morgan fingerprint density at radius 3 is 2.74 bits per heavy atom. The van der Waals surface area contributed by atoms with E-state index in [0.717, 1.165) is 22.0 Å². The van der Waals surface area contributed by atoms with Gasteiger partial charge in [0.15, 0.2) is 0 Å². The van der Waals surface area contributed by atoms with Gasteiger partial charge in [-0.2, -0.15) is 5.10 Å². The van der Waals surface area contributed by atoms with Crippen LogP contribution in [0.2, 0.25) is 0 Å². The standard InChI is InChI=1S/C29H28FN7O2/c1-3-37-26-15-22(34-29-31-16-19-6-4-5-18(2)27(19)35-29)14-24(25(26)17-32-37)28(38)33-21-11-20(30)12-23(13-21)36-7-9-39-10-8-36/h4-6,11-17H,3,7-10H2,1-2H3,(H,33,38)(H,31,34,35). The number of nitrogens with one attached hydrogen (secondary N) is 2. The van der Waals surface area contributed by atoms with Crippen molar-refractivity contribution in [3.8, 4) is 0 Å². The molecule has 10 heteroatoms. The number of aromatic nitrogens is 4. The molecule has 6 rings (SSSR count). The third-order valence-electron chi connectivity index (χ3n) is 6.89. The SMILES string of the molecule is CCn1ncc2c(C(=O)Nc3cc(F)cc(N4CCOCC4)c3)cc(Nc3ncc4cccc(C)c4n3)cc21. The predicted octanol–water partition coefficient (Wildman–Crippen LogP) is 5.28. The number of halogens is 1. The van der Waals surface area contributed by atoms with Crippen LogP contribution >= 0.6 is 0 Å². The molecule has 3 aromatic carbocycles. The normalized spacial score (nSPS) is 13.7. The van der Waals surface area contributed by atoms with Gasteiger partial charge >= 0.3 is 0 Å². The maximum atomic E-state index is 14.5. The van der Waals surface area contributed by atoms with E-state index in [1.807, 2.05) is 47.7 Å². The second kappa shape index (κ2) is 10.3. The summed E-state index contributed by atoms with van der Waals surface area (Å²) in [5.41, 5.74) is 4.82. The highest BCUT2D eigenvalue weighted by Gasteiger charge is 2.18. The number of para-hydroxylation sites is 1. The molecule has 5 aromatic rings. The first-order valence-corrected chi connectivity index (χ1v) is 12.9. The zero-order valence-electron chi connectivity index (χ0n) is 21.7. The van der Waals surface area contributed by atoms with Gasteiger partial charge in [0.25, 0.3) is 5.91 Å². The van der Waals surface area contributed by atoms with Gasteiger partial charge in [-0.15, -0.1) is 0 Å². The van der Waals surface area contributed by atoms with E-state index in [9.17, 15) is 9.18 Å². The first-order chi connectivity index (χ1) is 19.0. The van der Waals surface area contributed by atoms with E-state index in [1.54, 1.807) is 24.5 Å². The zero-order chi connectivity index (χ0) is 26.9. The number of anilines is 4. The number of fused-ring (bicyclic) bond motifs is 2. The minimum absolute atomic E-state index is 0.367. The highest BCUT2D eigenvalue weighted by Crippen LogP contribution is 2.29. The molecule has 0 radical (unpaired) electrons. The topological polar surface area (TPSA) is 97.2 Å². The molecule has 2 aromatic heterocycles. The largest absolute Gasteiger partial charge is 0.378 e. The molecule has 0 bridgehead atoms. The first kappa shape index (κ1) is 24.7. The quantitative estimate of drug-likeness (QED) is 0.311. The summed E-state index contributed by atoms with van der Waals surface area (Å²) >= 11 is 0. The van der Waals surface area contributed by atoms with Crippen LogP contribution < -0.4 is 15.5 Å². The van der Waals surface area contributed by atoms with Crippen molar-refractivity contribution in [2.75, 3.05) is 41.8 Å². The number of carbonyl (C=O) groups excluding carboxylic acids is 1. The third-order valence-corrected chi connectivity index (χ3v) is 6.89. The molecule has 1 aliphatic rings. The molecular formula is C29H28FN7O2. The summed E-state index contributed by atoms with van der Waals surface area (Å²) < 4.78 is 21.8. The average Bonchev–Trinajstić information content (AvgIpc) is 3.36. The summed E-state index contributed by atoms with van der Waals surface area (Å²) in [6.45, 7) is 7.11. The van der Waals surface area contributed by atoms with Crippen LogP contribution in [0.5, 0.6) is 0 Å². The van der Waals surface area contributed by atoms with E-state index in [0.29, 0.717) is 66.8 Å². The number of aryl methyl sites for hydroxylation is 2. The fourth-order valence-corrected chi connectivity index (χ4v) is 4.93. The van der Waals surface area contributed by atoms with E-state index < -0.39 is 5.82 Å². The van der Waals surface area contributed by atoms with Gasteiger partial charge in [0, 0.05) is 53.7 Å². The number of ether oxygens (including phenoxy) is 1. The Morgan fingerprint density at radius 2 is 1.92 bits per heavy atom. The summed E-state index contributed by atoms with van der Waals surface area (Å²) in [4.78, 5) is 24.8. The van der Waals surface area contributed by atoms with E-state index in [4.69, 9.17) is 4.74 Å². The monoisotopic (exact) mass is 525 g/mol. The molecule has 0 atom stereocenters. The molecule has 1 saturated heterocycles. The second-order valence-electron chi connectivity index (χ2n) is 9.50. The van der Waals surface area contributed by atoms with Crippen molar-refractivity contribution in [2.45, 2.75) is 20.4 Å². The van der Waals surface area contributed by atoms with E-state index >= 15 is 0 Å². The molecule has 1 aliphatic heterocycles. The number of rotatable bonds is 6. The van der Waals surface area contributed by atoms with Crippen molar-refractivity contribution in [3.05, 3.63) is 77.9 Å². The Kier molecular flexibility index (Phi) is 6.54. The van der Waals surface area contributed by atoms with Crippen LogP contribution in [0.1, 0.15) is 22.8 Å². The lowest BCUT2D eigenvalue weighted by Crippen LogP contribution is -2.36. The van der Waals surface area contributed by atoms with Gasteiger partial charge in [-0.25, -0.2) is 14.4 Å². The fourth-order valence-electron chi connectivity index (χ4n) is 4.93. The lowest BCUT2D eigenvalue weighted by molar-refractivity contribution is 0.102. The van der Waals surface area contributed by atoms with Gasteiger partial charge in [-0.05, 0) is 49.7 Å². The Labute approximate surface area is 224 Å². The number of nitrogens with zero attached hydrogens (tertiary/aromatic N) is 5. The van der Waals surface area contributed by atoms with Crippen LogP contribution in [0.4, 0.5) is 27.4 Å². The van der Waals surface area contributed by atoms with Gasteiger partial charge in [0.2, 0.25) is 5.95 Å². The molecule has 0 spiro atoms. The van der Waals surface area contributed by atoms with Crippen LogP contribution in [-0.4, -0.2) is 52.0 Å². The van der Waals surface area contributed by atoms with Gasteiger partial charge in [0.1, 0.15) is 5.82 Å². The van der Waals surface area contributed by atoms with Crippen LogP contribution in [0.25, 0.3) is 21.8 Å². The summed E-state index contributed by atoms with van der Waals surface area (Å²) in [5.74, 6) is -0.365. The highest BCUT2D eigenvalue weighted by molar-refractivity contribution is 6.13. The molecule has 2 N–H and O–H groups in total. The maximum Gasteiger partial charge on any atom is 0.256 e. The summed E-state index contributed by atoms with van der Waals surface area (Å²) in [6.07, 6.45) is 3.45. The van der Waals surface area contributed by atoms with Gasteiger partial charge in [-0.3, -0.25) is 9.48 Å². The molecule has 0 aliphatic carbocycles. The van der Waals surface area contributed by atoms with Crippen molar-refractivity contribution in [2.24, 2.45) is 0 Å². The fraction of sp³-hybridized carbons (Fsp3) is 0.241. The number of hydrogen-bond donors (Lipinski definition) is 2. The summed E-state index contributed by atoms with van der Waals surface area (Å²) in [6, 6.07) is 14.2. The third kappa shape index (κ3) is 4.98. The first-order valence-electron chi connectivity index (χ1n) is 12.9. The Morgan fingerprint density at radius 1 is 1.08 bits per heavy atom. The minimum Gasteiger partial charge on any atom is -0.378 e. The molecule has 1 fully saturated rings. The van der Waals surface area contributed by atoms with Crippen molar-refractivity contribution in [1.29, 1.82) is 0 Å². The Bertz CT molecular complexity index is 1690. The van der Waals surface area contributed by atoms with Crippen LogP contribution in [0, 0.1) is 12.7 Å². The number of amides is 1. The second-order valence-corrected chi connectivity index (χ2v) is 9.50. The smallest absolute Gasteiger partial charge is 0.256 e. The van der Waals surface area contributed by atoms with E-state index in [-0.39, 0.29) is 5.91 Å². The Hall–Kier alpha value is -4.57. The molecule has 0 unspecified atom stereocenters. The molecule has 0 saturated carbocycles. The highest BCUT2D eigenvalue weighted by atomic mass is 19.1. The number of benzene rings is 3. The lowest BCUT2D eigenvalue weighted by Gasteiger charge is -2.29. The van der Waals surface area contributed by atoms with Crippen molar-refractivity contribution < 1.29 is 13.9 Å². The molecule has 198 valence electrons. The van der Waals surface area contributed by atoms with Crippen LogP contribution in [0.3, 0.4) is 0 Å². The lowest BCUT2D eigenvalue weighted by atomic mass is 10.1. The molecule has 1 amide bonds. The molecule has 9 nitrogen and oxygen atoms in total. The number of hydrogen-bond acceptors (Lipinski definition) is 7. The van der Waals surface area contributed by atoms with E-state index in [2.05, 4.69) is 25.7 Å². The van der Waals surface area contributed by atoms with Crippen molar-refractivity contribution in [3.63, 3.8) is 0 Å². The zero-order valence-corrected chi connectivity index (χ0v) is 21.7. The van der Waals surface area contributed by atoms with Gasteiger partial charge in [-0.1, -0.05) is 18.2 Å². The number of carbonyl (C=O) groups is 1. The summed E-state index contributed by atoms with van der Waals surface area (Å²) in [5, 5.41) is 12.2. The minimum atomic E-state index is -0.419. The predicted molar refractivity (Wildman–Crippen MR) is 150 cm³/mol. The molecule has 3 heterocycles. The molecule has 39 heavy (non-hydrogen) atoms. The number of morpholine rings is 1. The summed E-state index contributed by atoms with van der Waals surface area (Å²) in [7, 11) is 0. The van der Waals surface area contributed by atoms with Crippen LogP contribution in [-0.2, 0) is 11.3 Å². The maximum absolute atomic E-state index is 14.5. The van der Waals surface area contributed by atoms with Crippen LogP contribution in [0.15, 0.2) is 60.9 Å². The van der Waals surface area contributed by atoms with Gasteiger partial charge < -0.3 is 20.3 Å². The Balaban J connectivity index is 1.34. The van der Waals surface area contributed by atoms with Crippen molar-refractivity contribution in [1.82, 2.24) is 19.7 Å². The average molecular weight is 526 g/mol.